The van der Waals surface area contributed by atoms with Crippen LogP contribution in [0.4, 0.5) is 22.7 Å². The molecule has 2 fully saturated rings. The van der Waals surface area contributed by atoms with E-state index in [0.717, 1.165) is 15.7 Å². The SMILES string of the molecule is O=C(Nc1ccc([N+](=O)[O-])cc1)[C@H]1[C@H]2C(=O)N(c3ccc(Br)cc3)C(=O)[C@H]2[C@@H]2C=Cc3ccccc3N21. The van der Waals surface area contributed by atoms with Crippen molar-refractivity contribution in [3.05, 3.63) is 99.0 Å². The number of nitro benzene ring substituents is 1. The fourth-order valence-corrected chi connectivity index (χ4v) is 5.81. The van der Waals surface area contributed by atoms with Gasteiger partial charge in [-0.2, -0.15) is 0 Å². The summed E-state index contributed by atoms with van der Waals surface area (Å²) in [6.07, 6.45) is 3.81. The fraction of sp³-hybridized carbons (Fsp3) is 0.148. The van der Waals surface area contributed by atoms with Crippen LogP contribution in [0.15, 0.2) is 83.3 Å². The highest BCUT2D eigenvalue weighted by Gasteiger charge is 2.64. The molecule has 3 amide bonds. The molecular formula is C27H19BrN4O5. The number of nitrogens with zero attached hydrogens (tertiary/aromatic N) is 3. The van der Waals surface area contributed by atoms with Crippen molar-refractivity contribution in [2.24, 2.45) is 11.8 Å². The van der Waals surface area contributed by atoms with Crippen molar-refractivity contribution in [3.8, 4) is 0 Å². The molecule has 3 heterocycles. The number of halogens is 1. The van der Waals surface area contributed by atoms with Crippen LogP contribution in [0.1, 0.15) is 5.56 Å². The summed E-state index contributed by atoms with van der Waals surface area (Å²) in [4.78, 5) is 54.8. The van der Waals surface area contributed by atoms with E-state index in [1.807, 2.05) is 41.3 Å². The second kappa shape index (κ2) is 8.67. The third-order valence-electron chi connectivity index (χ3n) is 7.11. The number of carbonyl (C=O) groups excluding carboxylic acids is 3. The molecule has 0 aromatic heterocycles. The smallest absolute Gasteiger partial charge is 0.269 e. The first-order valence-corrected chi connectivity index (χ1v) is 12.4. The molecule has 10 heteroatoms. The quantitative estimate of drug-likeness (QED) is 0.288. The summed E-state index contributed by atoms with van der Waals surface area (Å²) in [6, 6.07) is 18.5. The number of hydrogen-bond donors (Lipinski definition) is 1. The number of non-ortho nitro benzene ring substituents is 1. The molecule has 0 aliphatic carbocycles. The molecule has 0 spiro atoms. The van der Waals surface area contributed by atoms with Crippen molar-refractivity contribution in [3.63, 3.8) is 0 Å². The van der Waals surface area contributed by atoms with Gasteiger partial charge in [-0.25, -0.2) is 4.90 Å². The number of anilines is 3. The molecule has 37 heavy (non-hydrogen) atoms. The average Bonchev–Trinajstić information content (AvgIpc) is 3.38. The zero-order valence-electron chi connectivity index (χ0n) is 19.2. The lowest BCUT2D eigenvalue weighted by molar-refractivity contribution is -0.384. The van der Waals surface area contributed by atoms with Crippen molar-refractivity contribution in [1.29, 1.82) is 0 Å². The van der Waals surface area contributed by atoms with Crippen LogP contribution in [0.3, 0.4) is 0 Å². The minimum Gasteiger partial charge on any atom is -0.351 e. The molecule has 184 valence electrons. The Balaban J connectivity index is 1.40. The number of nitro groups is 1. The Bertz CT molecular complexity index is 1490. The minimum absolute atomic E-state index is 0.101. The van der Waals surface area contributed by atoms with Gasteiger partial charge >= 0.3 is 0 Å². The van der Waals surface area contributed by atoms with Gasteiger partial charge in [0, 0.05) is 28.0 Å². The Morgan fingerprint density at radius 3 is 2.30 bits per heavy atom. The zero-order chi connectivity index (χ0) is 25.8. The second-order valence-electron chi connectivity index (χ2n) is 9.09. The third-order valence-corrected chi connectivity index (χ3v) is 7.64. The predicted octanol–water partition coefficient (Wildman–Crippen LogP) is 4.39. The molecule has 6 rings (SSSR count). The van der Waals surface area contributed by atoms with Crippen molar-refractivity contribution in [2.45, 2.75) is 12.1 Å². The van der Waals surface area contributed by atoms with Gasteiger partial charge in [-0.05, 0) is 48.0 Å². The van der Waals surface area contributed by atoms with Crippen LogP contribution in [-0.4, -0.2) is 34.7 Å². The molecule has 3 aliphatic rings. The lowest BCUT2D eigenvalue weighted by Gasteiger charge is -2.36. The maximum atomic E-state index is 13.8. The average molecular weight is 559 g/mol. The van der Waals surface area contributed by atoms with E-state index in [4.69, 9.17) is 0 Å². The first-order valence-electron chi connectivity index (χ1n) is 11.6. The lowest BCUT2D eigenvalue weighted by Crippen LogP contribution is -2.50. The van der Waals surface area contributed by atoms with Gasteiger partial charge in [0.05, 0.1) is 28.5 Å². The van der Waals surface area contributed by atoms with Gasteiger partial charge in [-0.15, -0.1) is 0 Å². The fourth-order valence-electron chi connectivity index (χ4n) is 5.54. The van der Waals surface area contributed by atoms with Gasteiger partial charge in [-0.3, -0.25) is 24.5 Å². The molecule has 0 radical (unpaired) electrons. The van der Waals surface area contributed by atoms with Crippen molar-refractivity contribution < 1.29 is 19.3 Å². The number of para-hydroxylation sites is 1. The molecule has 9 nitrogen and oxygen atoms in total. The zero-order valence-corrected chi connectivity index (χ0v) is 20.7. The molecule has 0 unspecified atom stereocenters. The Morgan fingerprint density at radius 1 is 0.919 bits per heavy atom. The van der Waals surface area contributed by atoms with Crippen molar-refractivity contribution >= 4 is 62.5 Å². The summed E-state index contributed by atoms with van der Waals surface area (Å²) in [5.74, 6) is -2.89. The first-order chi connectivity index (χ1) is 17.8. The number of hydrogen-bond acceptors (Lipinski definition) is 6. The highest BCUT2D eigenvalue weighted by atomic mass is 79.9. The van der Waals surface area contributed by atoms with Gasteiger partial charge in [0.25, 0.3) is 5.69 Å². The normalized spacial score (nSPS) is 23.5. The number of amides is 3. The van der Waals surface area contributed by atoms with Crippen LogP contribution in [0.25, 0.3) is 6.08 Å². The second-order valence-corrected chi connectivity index (χ2v) is 10.0. The third kappa shape index (κ3) is 3.63. The summed E-state index contributed by atoms with van der Waals surface area (Å²) in [7, 11) is 0. The largest absolute Gasteiger partial charge is 0.351 e. The highest BCUT2D eigenvalue weighted by molar-refractivity contribution is 9.10. The summed E-state index contributed by atoms with van der Waals surface area (Å²) in [6.45, 7) is 0. The maximum Gasteiger partial charge on any atom is 0.269 e. The van der Waals surface area contributed by atoms with E-state index in [1.165, 1.54) is 29.2 Å². The van der Waals surface area contributed by atoms with Gasteiger partial charge in [0.1, 0.15) is 6.04 Å². The van der Waals surface area contributed by atoms with E-state index in [2.05, 4.69) is 21.2 Å². The molecule has 1 N–H and O–H groups in total. The van der Waals surface area contributed by atoms with Crippen LogP contribution in [-0.2, 0) is 14.4 Å². The lowest BCUT2D eigenvalue weighted by atomic mass is 9.88. The molecule has 0 saturated carbocycles. The van der Waals surface area contributed by atoms with Gasteiger partial charge in [0.15, 0.2) is 0 Å². The molecule has 3 aromatic carbocycles. The Hall–Kier alpha value is -4.31. The van der Waals surface area contributed by atoms with Gasteiger partial charge in [0.2, 0.25) is 17.7 Å². The number of imide groups is 1. The predicted molar refractivity (Wildman–Crippen MR) is 141 cm³/mol. The molecule has 3 aromatic rings. The van der Waals surface area contributed by atoms with Crippen LogP contribution in [0.5, 0.6) is 0 Å². The minimum atomic E-state index is -0.965. The Labute approximate surface area is 219 Å². The molecule has 0 bridgehead atoms. The van der Waals surface area contributed by atoms with E-state index in [9.17, 15) is 24.5 Å². The monoisotopic (exact) mass is 558 g/mol. The van der Waals surface area contributed by atoms with Crippen LogP contribution in [0.2, 0.25) is 0 Å². The van der Waals surface area contributed by atoms with E-state index >= 15 is 0 Å². The van der Waals surface area contributed by atoms with Crippen LogP contribution < -0.4 is 15.1 Å². The van der Waals surface area contributed by atoms with Gasteiger partial charge in [-0.1, -0.05) is 46.3 Å². The van der Waals surface area contributed by atoms with E-state index in [0.29, 0.717) is 11.4 Å². The van der Waals surface area contributed by atoms with Crippen molar-refractivity contribution in [2.75, 3.05) is 15.1 Å². The van der Waals surface area contributed by atoms with Crippen molar-refractivity contribution in [1.82, 2.24) is 0 Å². The van der Waals surface area contributed by atoms with Crippen LogP contribution >= 0.6 is 15.9 Å². The molecule has 2 saturated heterocycles. The van der Waals surface area contributed by atoms with E-state index in [-0.39, 0.29) is 11.6 Å². The summed E-state index contributed by atoms with van der Waals surface area (Å²) >= 11 is 3.37. The number of nitrogens with one attached hydrogen (secondary N) is 1. The highest BCUT2D eigenvalue weighted by Crippen LogP contribution is 2.49. The van der Waals surface area contributed by atoms with E-state index < -0.39 is 40.7 Å². The molecule has 3 aliphatic heterocycles. The topological polar surface area (TPSA) is 113 Å². The van der Waals surface area contributed by atoms with Gasteiger partial charge < -0.3 is 10.2 Å². The summed E-state index contributed by atoms with van der Waals surface area (Å²) < 4.78 is 0.814. The van der Waals surface area contributed by atoms with Crippen LogP contribution in [0, 0.1) is 22.0 Å². The van der Waals surface area contributed by atoms with E-state index in [1.54, 1.807) is 24.3 Å². The maximum absolute atomic E-state index is 13.8. The number of rotatable bonds is 4. The Kier molecular flexibility index (Phi) is 5.41. The summed E-state index contributed by atoms with van der Waals surface area (Å²) in [5.41, 5.74) is 2.36. The molecule has 4 atom stereocenters. The standard InChI is InChI=1S/C27H19BrN4O5/c28-16-6-10-18(11-7-16)30-26(34)22-21-14-5-15-3-1-2-4-20(15)31(21)24(23(22)27(30)35)25(33)29-17-8-12-19(13-9-17)32(36)37/h1-14,21-24H,(H,29,33)/t21-,22-,23-,24+/m0/s1. The molecular weight excluding hydrogens is 540 g/mol. The Morgan fingerprint density at radius 2 is 1.59 bits per heavy atom. The first kappa shape index (κ1) is 23.1. The number of fused-ring (bicyclic) bond motifs is 5. The summed E-state index contributed by atoms with van der Waals surface area (Å²) in [5, 5.41) is 13.8. The number of benzene rings is 3. The number of carbonyl (C=O) groups is 3.